The number of carbonyl (C=O) groups excluding carboxylic acids is 2. The Hall–Kier alpha value is -2.74. The molecule has 2 aromatic rings. The van der Waals surface area contributed by atoms with E-state index in [0.29, 0.717) is 11.4 Å². The zero-order valence-corrected chi connectivity index (χ0v) is 16.4. The summed E-state index contributed by atoms with van der Waals surface area (Å²) in [5.41, 5.74) is 0.649. The fourth-order valence-electron chi connectivity index (χ4n) is 3.15. The standard InChI is InChI=1S/C20H18ClF3N2O3/c1-11-3-6-17(29-2)16(7-11)26-10-12(8-18(26)27)19(28)25-15-5-4-13(9-14(15)21)20(22,23)24/h3-7,9,12H,8,10H2,1-2H3,(H,25,28)/t12-/m0/s1. The van der Waals surface area contributed by atoms with Gasteiger partial charge in [0.05, 0.1) is 35.0 Å². The maximum absolute atomic E-state index is 12.7. The van der Waals surface area contributed by atoms with E-state index in [1.807, 2.05) is 13.0 Å². The third-order valence-electron chi connectivity index (χ3n) is 4.68. The number of hydrogen-bond donors (Lipinski definition) is 1. The number of rotatable bonds is 4. The first-order chi connectivity index (χ1) is 13.6. The van der Waals surface area contributed by atoms with Gasteiger partial charge in [-0.05, 0) is 42.8 Å². The van der Waals surface area contributed by atoms with Crippen molar-refractivity contribution in [3.05, 3.63) is 52.5 Å². The van der Waals surface area contributed by atoms with Gasteiger partial charge in [-0.25, -0.2) is 0 Å². The zero-order valence-electron chi connectivity index (χ0n) is 15.6. The number of methoxy groups -OCH3 is 1. The number of carbonyl (C=O) groups is 2. The van der Waals surface area contributed by atoms with E-state index >= 15 is 0 Å². The number of alkyl halides is 3. The van der Waals surface area contributed by atoms with Crippen LogP contribution >= 0.6 is 11.6 Å². The molecule has 3 rings (SSSR count). The summed E-state index contributed by atoms with van der Waals surface area (Å²) in [6, 6.07) is 8.07. The van der Waals surface area contributed by atoms with E-state index < -0.39 is 23.6 Å². The number of anilines is 2. The second-order valence-electron chi connectivity index (χ2n) is 6.76. The molecule has 29 heavy (non-hydrogen) atoms. The molecule has 1 N–H and O–H groups in total. The molecule has 1 heterocycles. The van der Waals surface area contributed by atoms with Crippen molar-refractivity contribution in [2.75, 3.05) is 23.9 Å². The number of benzene rings is 2. The number of nitrogens with zero attached hydrogens (tertiary/aromatic N) is 1. The minimum atomic E-state index is -4.53. The third kappa shape index (κ3) is 4.48. The first-order valence-electron chi connectivity index (χ1n) is 8.72. The van der Waals surface area contributed by atoms with Gasteiger partial charge >= 0.3 is 6.18 Å². The summed E-state index contributed by atoms with van der Waals surface area (Å²) in [6.45, 7) is 2.00. The van der Waals surface area contributed by atoms with Crippen LogP contribution in [-0.2, 0) is 15.8 Å². The SMILES string of the molecule is COc1ccc(C)cc1N1C[C@@H](C(=O)Nc2ccc(C(F)(F)F)cc2Cl)CC1=O. The molecule has 5 nitrogen and oxygen atoms in total. The molecule has 0 spiro atoms. The normalized spacial score (nSPS) is 16.8. The van der Waals surface area contributed by atoms with E-state index in [-0.39, 0.29) is 29.6 Å². The van der Waals surface area contributed by atoms with Crippen LogP contribution in [0.2, 0.25) is 5.02 Å². The van der Waals surface area contributed by atoms with Crippen LogP contribution in [-0.4, -0.2) is 25.5 Å². The van der Waals surface area contributed by atoms with Crippen molar-refractivity contribution in [2.45, 2.75) is 19.5 Å². The predicted octanol–water partition coefficient (Wildman–Crippen LogP) is 4.67. The van der Waals surface area contributed by atoms with Gasteiger partial charge in [0.2, 0.25) is 11.8 Å². The summed E-state index contributed by atoms with van der Waals surface area (Å²) >= 11 is 5.89. The lowest BCUT2D eigenvalue weighted by atomic mass is 10.1. The Bertz CT molecular complexity index is 962. The molecule has 1 atom stereocenters. The number of hydrogen-bond acceptors (Lipinski definition) is 3. The van der Waals surface area contributed by atoms with Crippen LogP contribution in [0.1, 0.15) is 17.5 Å². The van der Waals surface area contributed by atoms with Gasteiger partial charge in [0, 0.05) is 13.0 Å². The molecular weight excluding hydrogens is 409 g/mol. The summed E-state index contributed by atoms with van der Waals surface area (Å²) < 4.78 is 43.5. The number of nitrogens with one attached hydrogen (secondary N) is 1. The average Bonchev–Trinajstić information content (AvgIpc) is 3.04. The van der Waals surface area contributed by atoms with Gasteiger partial charge in [-0.2, -0.15) is 13.2 Å². The van der Waals surface area contributed by atoms with Crippen LogP contribution in [0, 0.1) is 12.8 Å². The molecule has 1 saturated heterocycles. The lowest BCUT2D eigenvalue weighted by Gasteiger charge is -2.20. The highest BCUT2D eigenvalue weighted by molar-refractivity contribution is 6.33. The highest BCUT2D eigenvalue weighted by Gasteiger charge is 2.37. The number of ether oxygens (including phenoxy) is 1. The second kappa shape index (κ2) is 7.94. The molecule has 0 radical (unpaired) electrons. The van der Waals surface area contributed by atoms with Crippen LogP contribution in [0.25, 0.3) is 0 Å². The number of halogens is 4. The minimum absolute atomic E-state index is 0.0266. The highest BCUT2D eigenvalue weighted by Crippen LogP contribution is 2.36. The lowest BCUT2D eigenvalue weighted by Crippen LogP contribution is -2.28. The van der Waals surface area contributed by atoms with Crippen molar-refractivity contribution in [3.8, 4) is 5.75 Å². The minimum Gasteiger partial charge on any atom is -0.495 e. The summed E-state index contributed by atoms with van der Waals surface area (Å²) in [5.74, 6) is -0.899. The summed E-state index contributed by atoms with van der Waals surface area (Å²) in [4.78, 5) is 26.5. The Morgan fingerprint density at radius 3 is 2.59 bits per heavy atom. The van der Waals surface area contributed by atoms with E-state index in [1.165, 1.54) is 12.0 Å². The summed E-state index contributed by atoms with van der Waals surface area (Å²) in [7, 11) is 1.49. The van der Waals surface area contributed by atoms with E-state index in [0.717, 1.165) is 23.8 Å². The van der Waals surface area contributed by atoms with E-state index in [1.54, 1.807) is 12.1 Å². The van der Waals surface area contributed by atoms with Crippen molar-refractivity contribution in [2.24, 2.45) is 5.92 Å². The Labute approximate surface area is 170 Å². The number of amides is 2. The van der Waals surface area contributed by atoms with Crippen molar-refractivity contribution in [3.63, 3.8) is 0 Å². The van der Waals surface area contributed by atoms with E-state index in [4.69, 9.17) is 16.3 Å². The second-order valence-corrected chi connectivity index (χ2v) is 7.17. The predicted molar refractivity (Wildman–Crippen MR) is 103 cm³/mol. The van der Waals surface area contributed by atoms with E-state index in [9.17, 15) is 22.8 Å². The van der Waals surface area contributed by atoms with Gasteiger partial charge in [-0.1, -0.05) is 17.7 Å². The molecule has 2 amide bonds. The topological polar surface area (TPSA) is 58.6 Å². The molecule has 2 aromatic carbocycles. The maximum Gasteiger partial charge on any atom is 0.416 e. The Kier molecular flexibility index (Phi) is 5.75. The Morgan fingerprint density at radius 2 is 1.97 bits per heavy atom. The van der Waals surface area contributed by atoms with Gasteiger partial charge in [0.15, 0.2) is 0 Å². The molecular formula is C20H18ClF3N2O3. The van der Waals surface area contributed by atoms with Crippen LogP contribution in [0.15, 0.2) is 36.4 Å². The molecule has 1 fully saturated rings. The Balaban J connectivity index is 1.75. The van der Waals surface area contributed by atoms with Crippen molar-refractivity contribution >= 4 is 34.8 Å². The summed E-state index contributed by atoms with van der Waals surface area (Å²) in [5, 5.41) is 2.29. The van der Waals surface area contributed by atoms with Crippen LogP contribution in [0.4, 0.5) is 24.5 Å². The smallest absolute Gasteiger partial charge is 0.416 e. The molecule has 1 aliphatic rings. The molecule has 0 bridgehead atoms. The fraction of sp³-hybridized carbons (Fsp3) is 0.300. The molecule has 0 unspecified atom stereocenters. The van der Waals surface area contributed by atoms with Crippen LogP contribution in [0.3, 0.4) is 0 Å². The molecule has 154 valence electrons. The molecule has 9 heteroatoms. The maximum atomic E-state index is 12.7. The van der Waals surface area contributed by atoms with Gasteiger partial charge < -0.3 is 15.0 Å². The lowest BCUT2D eigenvalue weighted by molar-refractivity contribution is -0.137. The quantitative estimate of drug-likeness (QED) is 0.773. The van der Waals surface area contributed by atoms with Crippen LogP contribution in [0.5, 0.6) is 5.75 Å². The van der Waals surface area contributed by atoms with E-state index in [2.05, 4.69) is 5.32 Å². The first-order valence-corrected chi connectivity index (χ1v) is 9.10. The average molecular weight is 427 g/mol. The summed E-state index contributed by atoms with van der Waals surface area (Å²) in [6.07, 6.45) is -4.56. The fourth-order valence-corrected chi connectivity index (χ4v) is 3.38. The Morgan fingerprint density at radius 1 is 1.24 bits per heavy atom. The zero-order chi connectivity index (χ0) is 21.3. The first kappa shape index (κ1) is 21.0. The molecule has 1 aliphatic heterocycles. The van der Waals surface area contributed by atoms with Crippen molar-refractivity contribution < 1.29 is 27.5 Å². The van der Waals surface area contributed by atoms with Crippen molar-refractivity contribution in [1.29, 1.82) is 0 Å². The number of aryl methyl sites for hydroxylation is 1. The molecule has 0 aromatic heterocycles. The van der Waals surface area contributed by atoms with Crippen LogP contribution < -0.4 is 15.0 Å². The van der Waals surface area contributed by atoms with Gasteiger partial charge in [0.25, 0.3) is 0 Å². The monoisotopic (exact) mass is 426 g/mol. The highest BCUT2D eigenvalue weighted by atomic mass is 35.5. The third-order valence-corrected chi connectivity index (χ3v) is 4.99. The largest absolute Gasteiger partial charge is 0.495 e. The van der Waals surface area contributed by atoms with Gasteiger partial charge in [-0.15, -0.1) is 0 Å². The van der Waals surface area contributed by atoms with Gasteiger partial charge in [0.1, 0.15) is 5.75 Å². The molecule has 0 aliphatic carbocycles. The van der Waals surface area contributed by atoms with Crippen molar-refractivity contribution in [1.82, 2.24) is 0 Å². The van der Waals surface area contributed by atoms with Gasteiger partial charge in [-0.3, -0.25) is 9.59 Å². The molecule has 0 saturated carbocycles.